The summed E-state index contributed by atoms with van der Waals surface area (Å²) in [7, 11) is 0. The van der Waals surface area contributed by atoms with E-state index in [2.05, 4.69) is 26.2 Å². The summed E-state index contributed by atoms with van der Waals surface area (Å²) in [4.78, 5) is 14.9. The normalized spacial score (nSPS) is 13.3. The second-order valence-electron chi connectivity index (χ2n) is 4.97. The number of para-hydroxylation sites is 1. The van der Waals surface area contributed by atoms with Gasteiger partial charge in [0, 0.05) is 28.7 Å². The standard InChI is InChI=1S/C16H14BrN3O3/c17-14-6-5-12(20(21)22)9-11(14)10-23-15-4-2-1-3-13(15)16-18-7-8-19-16/h1-6,9H,7-8,10H2,(H,18,19). The van der Waals surface area contributed by atoms with Crippen LogP contribution in [0.1, 0.15) is 11.1 Å². The molecule has 1 N–H and O–H groups in total. The van der Waals surface area contributed by atoms with E-state index >= 15 is 0 Å². The molecule has 0 saturated carbocycles. The number of aliphatic imine (C=N–C) groups is 1. The van der Waals surface area contributed by atoms with Gasteiger partial charge in [-0.3, -0.25) is 15.1 Å². The van der Waals surface area contributed by atoms with Gasteiger partial charge in [0.25, 0.3) is 5.69 Å². The van der Waals surface area contributed by atoms with Crippen molar-refractivity contribution in [1.29, 1.82) is 0 Å². The quantitative estimate of drug-likeness (QED) is 0.642. The van der Waals surface area contributed by atoms with Crippen LogP contribution in [0.5, 0.6) is 5.75 Å². The minimum absolute atomic E-state index is 0.0434. The van der Waals surface area contributed by atoms with Crippen molar-refractivity contribution in [2.45, 2.75) is 6.61 Å². The van der Waals surface area contributed by atoms with E-state index in [1.54, 1.807) is 6.07 Å². The average molecular weight is 376 g/mol. The molecule has 2 aromatic rings. The number of rotatable bonds is 5. The van der Waals surface area contributed by atoms with Crippen LogP contribution in [0.3, 0.4) is 0 Å². The third kappa shape index (κ3) is 3.50. The van der Waals surface area contributed by atoms with Gasteiger partial charge in [-0.15, -0.1) is 0 Å². The van der Waals surface area contributed by atoms with Crippen LogP contribution in [0, 0.1) is 10.1 Å². The highest BCUT2D eigenvalue weighted by Crippen LogP contribution is 2.26. The zero-order valence-electron chi connectivity index (χ0n) is 12.2. The molecule has 3 rings (SSSR count). The van der Waals surface area contributed by atoms with Crippen molar-refractivity contribution < 1.29 is 9.66 Å². The van der Waals surface area contributed by atoms with E-state index in [4.69, 9.17) is 4.74 Å². The lowest BCUT2D eigenvalue weighted by molar-refractivity contribution is -0.385. The van der Waals surface area contributed by atoms with E-state index in [9.17, 15) is 10.1 Å². The first-order valence-electron chi connectivity index (χ1n) is 7.08. The number of halogens is 1. The first-order valence-corrected chi connectivity index (χ1v) is 7.88. The maximum Gasteiger partial charge on any atom is 0.269 e. The molecule has 0 amide bonds. The van der Waals surface area contributed by atoms with Crippen molar-refractivity contribution >= 4 is 27.5 Å². The second-order valence-corrected chi connectivity index (χ2v) is 5.83. The number of nitrogens with zero attached hydrogens (tertiary/aromatic N) is 2. The number of hydrogen-bond acceptors (Lipinski definition) is 5. The monoisotopic (exact) mass is 375 g/mol. The first kappa shape index (κ1) is 15.5. The zero-order chi connectivity index (χ0) is 16.2. The Labute approximate surface area is 141 Å². The molecule has 0 fully saturated rings. The number of ether oxygens (including phenoxy) is 1. The second kappa shape index (κ2) is 6.78. The molecule has 2 aromatic carbocycles. The lowest BCUT2D eigenvalue weighted by Gasteiger charge is -2.12. The molecule has 0 spiro atoms. The van der Waals surface area contributed by atoms with Gasteiger partial charge in [-0.25, -0.2) is 0 Å². The fraction of sp³-hybridized carbons (Fsp3) is 0.188. The maximum absolute atomic E-state index is 10.9. The van der Waals surface area contributed by atoms with Gasteiger partial charge in [0.15, 0.2) is 0 Å². The molecule has 0 unspecified atom stereocenters. The highest BCUT2D eigenvalue weighted by molar-refractivity contribution is 9.10. The number of nitrogens with one attached hydrogen (secondary N) is 1. The molecule has 0 bridgehead atoms. The number of amidine groups is 1. The van der Waals surface area contributed by atoms with Crippen LogP contribution in [0.2, 0.25) is 0 Å². The summed E-state index contributed by atoms with van der Waals surface area (Å²) in [5, 5.41) is 14.1. The molecule has 1 aliphatic rings. The molecule has 1 heterocycles. The van der Waals surface area contributed by atoms with Gasteiger partial charge in [-0.1, -0.05) is 28.1 Å². The molecule has 118 valence electrons. The summed E-state index contributed by atoms with van der Waals surface area (Å²) in [5.41, 5.74) is 1.66. The highest BCUT2D eigenvalue weighted by Gasteiger charge is 2.14. The average Bonchev–Trinajstić information content (AvgIpc) is 3.08. The Hall–Kier alpha value is -2.41. The Morgan fingerprint density at radius 2 is 2.13 bits per heavy atom. The lowest BCUT2D eigenvalue weighted by Crippen LogP contribution is -2.20. The topological polar surface area (TPSA) is 76.8 Å². The molecule has 0 atom stereocenters. The zero-order valence-corrected chi connectivity index (χ0v) is 13.7. The summed E-state index contributed by atoms with van der Waals surface area (Å²) in [5.74, 6) is 1.51. The number of nitro groups is 1. The smallest absolute Gasteiger partial charge is 0.269 e. The Morgan fingerprint density at radius 1 is 1.30 bits per heavy atom. The van der Waals surface area contributed by atoms with Crippen LogP contribution < -0.4 is 10.1 Å². The van der Waals surface area contributed by atoms with Crippen LogP contribution in [-0.4, -0.2) is 23.8 Å². The molecule has 0 saturated heterocycles. The molecule has 6 nitrogen and oxygen atoms in total. The largest absolute Gasteiger partial charge is 0.488 e. The molecular formula is C16H14BrN3O3. The van der Waals surface area contributed by atoms with Crippen LogP contribution in [0.25, 0.3) is 0 Å². The minimum Gasteiger partial charge on any atom is -0.488 e. The number of nitro benzene ring substituents is 1. The summed E-state index contributed by atoms with van der Waals surface area (Å²) in [6.45, 7) is 1.80. The van der Waals surface area contributed by atoms with E-state index in [1.807, 2.05) is 24.3 Å². The summed E-state index contributed by atoms with van der Waals surface area (Å²) >= 11 is 3.40. The molecule has 23 heavy (non-hydrogen) atoms. The SMILES string of the molecule is O=[N+]([O-])c1ccc(Br)c(COc2ccccc2C2=NCCN2)c1. The summed E-state index contributed by atoms with van der Waals surface area (Å²) in [6, 6.07) is 12.2. The van der Waals surface area contributed by atoms with E-state index in [-0.39, 0.29) is 12.3 Å². The Kier molecular flexibility index (Phi) is 4.57. The van der Waals surface area contributed by atoms with Crippen LogP contribution in [-0.2, 0) is 6.61 Å². The summed E-state index contributed by atoms with van der Waals surface area (Å²) < 4.78 is 6.65. The van der Waals surface area contributed by atoms with Crippen LogP contribution in [0.4, 0.5) is 5.69 Å². The fourth-order valence-electron chi connectivity index (χ4n) is 2.31. The van der Waals surface area contributed by atoms with E-state index in [1.165, 1.54) is 12.1 Å². The van der Waals surface area contributed by atoms with Crippen molar-refractivity contribution in [1.82, 2.24) is 5.32 Å². The van der Waals surface area contributed by atoms with E-state index in [0.717, 1.165) is 34.5 Å². The number of hydrogen-bond donors (Lipinski definition) is 1. The number of benzene rings is 2. The number of non-ortho nitro benzene ring substituents is 1. The van der Waals surface area contributed by atoms with Gasteiger partial charge < -0.3 is 10.1 Å². The van der Waals surface area contributed by atoms with Crippen molar-refractivity contribution in [2.24, 2.45) is 4.99 Å². The van der Waals surface area contributed by atoms with Crippen LogP contribution >= 0.6 is 15.9 Å². The van der Waals surface area contributed by atoms with Gasteiger partial charge in [0.1, 0.15) is 18.2 Å². The fourth-order valence-corrected chi connectivity index (χ4v) is 2.67. The molecule has 0 aromatic heterocycles. The lowest BCUT2D eigenvalue weighted by atomic mass is 10.1. The van der Waals surface area contributed by atoms with Crippen molar-refractivity contribution in [3.05, 3.63) is 68.2 Å². The third-order valence-corrected chi connectivity index (χ3v) is 4.21. The molecule has 0 radical (unpaired) electrons. The van der Waals surface area contributed by atoms with E-state index < -0.39 is 4.92 Å². The third-order valence-electron chi connectivity index (χ3n) is 3.44. The summed E-state index contributed by atoms with van der Waals surface area (Å²) in [6.07, 6.45) is 0. The van der Waals surface area contributed by atoms with Crippen LogP contribution in [0.15, 0.2) is 51.9 Å². The Balaban J connectivity index is 1.81. The highest BCUT2D eigenvalue weighted by atomic mass is 79.9. The van der Waals surface area contributed by atoms with Gasteiger partial charge in [-0.2, -0.15) is 0 Å². The van der Waals surface area contributed by atoms with Crippen molar-refractivity contribution in [3.63, 3.8) is 0 Å². The van der Waals surface area contributed by atoms with Gasteiger partial charge >= 0.3 is 0 Å². The molecule has 1 aliphatic heterocycles. The van der Waals surface area contributed by atoms with Gasteiger partial charge in [-0.05, 0) is 18.2 Å². The van der Waals surface area contributed by atoms with E-state index in [0.29, 0.717) is 5.75 Å². The van der Waals surface area contributed by atoms with Crippen molar-refractivity contribution in [2.75, 3.05) is 13.1 Å². The predicted octanol–water partition coefficient (Wildman–Crippen LogP) is 3.29. The Morgan fingerprint density at radius 3 is 2.87 bits per heavy atom. The minimum atomic E-state index is -0.416. The predicted molar refractivity (Wildman–Crippen MR) is 91.0 cm³/mol. The maximum atomic E-state index is 10.9. The van der Waals surface area contributed by atoms with Gasteiger partial charge in [0.05, 0.1) is 17.0 Å². The Bertz CT molecular complexity index is 777. The van der Waals surface area contributed by atoms with Gasteiger partial charge in [0.2, 0.25) is 0 Å². The first-order chi connectivity index (χ1) is 11.1. The van der Waals surface area contributed by atoms with Crippen molar-refractivity contribution in [3.8, 4) is 5.75 Å². The molecular weight excluding hydrogens is 362 g/mol. The molecule has 0 aliphatic carbocycles. The molecule has 7 heteroatoms.